The van der Waals surface area contributed by atoms with Crippen molar-refractivity contribution in [2.75, 3.05) is 23.7 Å². The lowest BCUT2D eigenvalue weighted by atomic mass is 9.96. The van der Waals surface area contributed by atoms with Gasteiger partial charge in [0.15, 0.2) is 0 Å². The second-order valence-corrected chi connectivity index (χ2v) is 12.4. The number of aliphatic hydroxyl groups excluding tert-OH is 1. The van der Waals surface area contributed by atoms with Gasteiger partial charge < -0.3 is 14.4 Å². The molecule has 1 aliphatic rings. The first-order valence-electron chi connectivity index (χ1n) is 11.6. The molecule has 9 nitrogen and oxygen atoms in total. The number of carbonyl (C=O) groups is 1. The summed E-state index contributed by atoms with van der Waals surface area (Å²) in [4.78, 5) is 24.1. The summed E-state index contributed by atoms with van der Waals surface area (Å²) in [6, 6.07) is 3.52. The van der Waals surface area contributed by atoms with Crippen molar-refractivity contribution in [3.8, 4) is 11.5 Å². The Morgan fingerprint density at radius 2 is 2.03 bits per heavy atom. The fraction of sp³-hybridized carbons (Fsp3) is 0.375. The maximum absolute atomic E-state index is 12.6. The van der Waals surface area contributed by atoms with Gasteiger partial charge in [-0.2, -0.15) is 0 Å². The third-order valence-corrected chi connectivity index (χ3v) is 8.74. The molecule has 1 amide bonds. The predicted octanol–water partition coefficient (Wildman–Crippen LogP) is 4.54. The van der Waals surface area contributed by atoms with Crippen molar-refractivity contribution < 1.29 is 22.7 Å². The number of sulfonamides is 1. The number of hydrogen-bond acceptors (Lipinski definition) is 9. The minimum atomic E-state index is -3.81. The Kier molecular flexibility index (Phi) is 8.91. The van der Waals surface area contributed by atoms with Crippen molar-refractivity contribution in [3.05, 3.63) is 56.2 Å². The molecule has 4 rings (SSSR count). The van der Waals surface area contributed by atoms with Gasteiger partial charge in [0.1, 0.15) is 11.6 Å². The molecule has 1 fully saturated rings. The van der Waals surface area contributed by atoms with Crippen LogP contribution in [0.4, 0.5) is 5.82 Å². The van der Waals surface area contributed by atoms with Crippen LogP contribution < -0.4 is 9.62 Å². The lowest BCUT2D eigenvalue weighted by Gasteiger charge is -2.33. The van der Waals surface area contributed by atoms with Gasteiger partial charge in [0, 0.05) is 42.1 Å². The molecule has 1 saturated heterocycles. The number of aryl methyl sites for hydroxylation is 1. The molecule has 3 aromatic heterocycles. The molecular formula is C24H26Cl2N4O5S2. The molecule has 3 aromatic rings. The lowest BCUT2D eigenvalue weighted by molar-refractivity contribution is -0.123. The molecule has 4 heterocycles. The minimum absolute atomic E-state index is 0.292. The molecule has 0 aromatic carbocycles. The number of aromatic nitrogens is 2. The standard InChI is InChI=1S/C24H26Cl2N4O5S2/c1-2-16-12-28-24(35-16)18-13-27-22(21(26)19(18)14-31)30-9-7-15(8-10-30)23(32)29-37(33,34)11-3-4-17-5-6-20(25)36-17/h3-6,12-13,15,31H,2,7-11,14H2,1H3,(H,29,32). The van der Waals surface area contributed by atoms with Crippen molar-refractivity contribution in [2.45, 2.75) is 32.8 Å². The van der Waals surface area contributed by atoms with Crippen LogP contribution in [-0.2, 0) is 27.8 Å². The number of aliphatic hydroxyl groups is 1. The molecule has 198 valence electrons. The summed E-state index contributed by atoms with van der Waals surface area (Å²) in [5.41, 5.74) is 0.978. The van der Waals surface area contributed by atoms with Crippen molar-refractivity contribution in [3.63, 3.8) is 0 Å². The highest BCUT2D eigenvalue weighted by atomic mass is 35.5. The van der Waals surface area contributed by atoms with E-state index in [2.05, 4.69) is 14.7 Å². The smallest absolute Gasteiger partial charge is 0.238 e. The number of thiophene rings is 1. The van der Waals surface area contributed by atoms with E-state index in [1.54, 1.807) is 30.6 Å². The molecule has 0 saturated carbocycles. The number of amides is 1. The molecule has 0 radical (unpaired) electrons. The predicted molar refractivity (Wildman–Crippen MR) is 145 cm³/mol. The molecule has 0 unspecified atom stereocenters. The van der Waals surface area contributed by atoms with E-state index in [1.807, 2.05) is 11.8 Å². The zero-order valence-electron chi connectivity index (χ0n) is 20.0. The Morgan fingerprint density at radius 1 is 1.27 bits per heavy atom. The molecular weight excluding hydrogens is 559 g/mol. The molecule has 1 aliphatic heterocycles. The molecule has 2 N–H and O–H groups in total. The Bertz CT molecular complexity index is 1400. The van der Waals surface area contributed by atoms with Crippen molar-refractivity contribution >= 4 is 62.4 Å². The maximum atomic E-state index is 12.6. The van der Waals surface area contributed by atoms with E-state index < -0.39 is 21.8 Å². The summed E-state index contributed by atoms with van der Waals surface area (Å²) in [5.74, 6) is 0.252. The highest BCUT2D eigenvalue weighted by molar-refractivity contribution is 7.90. The van der Waals surface area contributed by atoms with Crippen LogP contribution in [0.1, 0.15) is 36.0 Å². The van der Waals surface area contributed by atoms with Gasteiger partial charge in [-0.05, 0) is 31.1 Å². The zero-order valence-corrected chi connectivity index (χ0v) is 23.1. The van der Waals surface area contributed by atoms with Gasteiger partial charge in [0.2, 0.25) is 21.8 Å². The van der Waals surface area contributed by atoms with E-state index in [0.29, 0.717) is 70.3 Å². The SMILES string of the molecule is CCc1cnc(-c2cnc(N3CCC(C(=O)NS(=O)(=O)CC=Cc4ccc(Cl)s4)CC3)c(Cl)c2CO)o1. The summed E-state index contributed by atoms with van der Waals surface area (Å²) >= 11 is 13.8. The Hall–Kier alpha value is -2.44. The molecule has 0 spiro atoms. The number of piperidine rings is 1. The number of oxazole rings is 1. The van der Waals surface area contributed by atoms with E-state index in [9.17, 15) is 18.3 Å². The van der Waals surface area contributed by atoms with Crippen LogP contribution in [0.2, 0.25) is 9.36 Å². The van der Waals surface area contributed by atoms with Gasteiger partial charge >= 0.3 is 0 Å². The van der Waals surface area contributed by atoms with E-state index in [1.165, 1.54) is 17.4 Å². The number of hydrogen-bond donors (Lipinski definition) is 2. The quantitative estimate of drug-likeness (QED) is 0.375. The van der Waals surface area contributed by atoms with E-state index in [0.717, 1.165) is 4.88 Å². The molecule has 13 heteroatoms. The largest absolute Gasteiger partial charge is 0.441 e. The second kappa shape index (κ2) is 12.0. The molecule has 0 aliphatic carbocycles. The first-order valence-corrected chi connectivity index (χ1v) is 14.9. The van der Waals surface area contributed by atoms with E-state index >= 15 is 0 Å². The van der Waals surface area contributed by atoms with E-state index in [4.69, 9.17) is 27.6 Å². The van der Waals surface area contributed by atoms with E-state index in [-0.39, 0.29) is 12.4 Å². The number of rotatable bonds is 9. The van der Waals surface area contributed by atoms with Crippen LogP contribution in [-0.4, -0.2) is 48.2 Å². The maximum Gasteiger partial charge on any atom is 0.238 e. The number of pyridine rings is 1. The van der Waals surface area contributed by atoms with Crippen molar-refractivity contribution in [2.24, 2.45) is 5.92 Å². The fourth-order valence-corrected chi connectivity index (χ4v) is 6.24. The fourth-order valence-electron chi connectivity index (χ4n) is 4.01. The second-order valence-electron chi connectivity index (χ2n) is 8.48. The third kappa shape index (κ3) is 6.71. The summed E-state index contributed by atoms with van der Waals surface area (Å²) in [7, 11) is -3.81. The van der Waals surface area contributed by atoms with Gasteiger partial charge in [0.25, 0.3) is 0 Å². The third-order valence-electron chi connectivity index (χ3n) is 6.01. The van der Waals surface area contributed by atoms with Gasteiger partial charge in [-0.3, -0.25) is 9.52 Å². The normalized spacial score (nSPS) is 15.0. The Morgan fingerprint density at radius 3 is 2.65 bits per heavy atom. The number of carbonyl (C=O) groups excluding carboxylic acids is 1. The van der Waals surface area contributed by atoms with Gasteiger partial charge in [0.05, 0.1) is 33.5 Å². The van der Waals surface area contributed by atoms with Crippen molar-refractivity contribution in [1.29, 1.82) is 0 Å². The highest BCUT2D eigenvalue weighted by Crippen LogP contribution is 2.36. The molecule has 37 heavy (non-hydrogen) atoms. The van der Waals surface area contributed by atoms with Crippen LogP contribution in [0, 0.1) is 5.92 Å². The zero-order chi connectivity index (χ0) is 26.6. The lowest BCUT2D eigenvalue weighted by Crippen LogP contribution is -2.43. The Labute approximate surface area is 229 Å². The molecule has 0 atom stereocenters. The van der Waals surface area contributed by atoms with Crippen molar-refractivity contribution in [1.82, 2.24) is 14.7 Å². The summed E-state index contributed by atoms with van der Waals surface area (Å²) in [6.45, 7) is 2.53. The topological polar surface area (TPSA) is 126 Å². The number of halogens is 2. The van der Waals surface area contributed by atoms with Gasteiger partial charge in [-0.15, -0.1) is 11.3 Å². The number of nitrogens with zero attached hydrogens (tertiary/aromatic N) is 3. The average molecular weight is 586 g/mol. The average Bonchev–Trinajstić information content (AvgIpc) is 3.52. The summed E-state index contributed by atoms with van der Waals surface area (Å²) in [5, 5.41) is 10.3. The Balaban J connectivity index is 1.36. The summed E-state index contributed by atoms with van der Waals surface area (Å²) in [6.07, 6.45) is 7.89. The number of anilines is 1. The molecule has 0 bridgehead atoms. The minimum Gasteiger partial charge on any atom is -0.441 e. The monoisotopic (exact) mass is 584 g/mol. The summed E-state index contributed by atoms with van der Waals surface area (Å²) < 4.78 is 33.2. The van der Waals surface area contributed by atoms with Crippen LogP contribution in [0.3, 0.4) is 0 Å². The first-order chi connectivity index (χ1) is 17.7. The van der Waals surface area contributed by atoms with Gasteiger partial charge in [-0.25, -0.2) is 18.4 Å². The van der Waals surface area contributed by atoms with Crippen LogP contribution in [0.15, 0.2) is 35.0 Å². The highest BCUT2D eigenvalue weighted by Gasteiger charge is 2.29. The van der Waals surface area contributed by atoms with Crippen LogP contribution in [0.25, 0.3) is 17.5 Å². The number of nitrogens with one attached hydrogen (secondary N) is 1. The first kappa shape index (κ1) is 27.6. The van der Waals surface area contributed by atoms with Crippen LogP contribution in [0.5, 0.6) is 0 Å². The van der Waals surface area contributed by atoms with Gasteiger partial charge in [-0.1, -0.05) is 36.2 Å². The van der Waals surface area contributed by atoms with Crippen LogP contribution >= 0.6 is 34.5 Å².